The summed E-state index contributed by atoms with van der Waals surface area (Å²) in [6, 6.07) is 7.94. The summed E-state index contributed by atoms with van der Waals surface area (Å²) in [6.45, 7) is 2.15. The van der Waals surface area contributed by atoms with Crippen LogP contribution in [0.25, 0.3) is 11.0 Å². The minimum absolute atomic E-state index is 0.00502. The summed E-state index contributed by atoms with van der Waals surface area (Å²) in [4.78, 5) is 22.6. The van der Waals surface area contributed by atoms with Crippen molar-refractivity contribution < 1.29 is 14.3 Å². The molecule has 6 heteroatoms. The molecule has 0 saturated carbocycles. The number of hydrogen-bond donors (Lipinski definition) is 1. The maximum Gasteiger partial charge on any atom is 0.254 e. The summed E-state index contributed by atoms with van der Waals surface area (Å²) in [6.07, 6.45) is 1.44. The minimum atomic E-state index is -0.473. The molecule has 0 bridgehead atoms. The second-order valence-electron chi connectivity index (χ2n) is 5.76. The van der Waals surface area contributed by atoms with Gasteiger partial charge in [0.15, 0.2) is 6.10 Å². The number of amides is 1. The highest BCUT2D eigenvalue weighted by Gasteiger charge is 2.36. The molecule has 4 rings (SSSR count). The van der Waals surface area contributed by atoms with Crippen LogP contribution in [0.2, 0.25) is 0 Å². The van der Waals surface area contributed by atoms with E-state index in [-0.39, 0.29) is 11.9 Å². The first kappa shape index (κ1) is 13.7. The maximum absolute atomic E-state index is 12.7. The van der Waals surface area contributed by atoms with E-state index in [1.165, 1.54) is 0 Å². The Bertz CT molecular complexity index is 645. The van der Waals surface area contributed by atoms with Crippen molar-refractivity contribution in [1.29, 1.82) is 0 Å². The summed E-state index contributed by atoms with van der Waals surface area (Å²) in [5.74, 6) is 0.881. The lowest BCUT2D eigenvalue weighted by Crippen LogP contribution is -2.45. The molecule has 0 unspecified atom stereocenters. The van der Waals surface area contributed by atoms with Gasteiger partial charge in [0, 0.05) is 6.54 Å². The van der Waals surface area contributed by atoms with Crippen LogP contribution in [-0.4, -0.2) is 53.2 Å². The standard InChI is InChI=1S/C16H19N3O3/c20-16(14-10-21-8-9-22-14)19-7-3-6-13(19)15-17-11-4-1-2-5-12(11)18-15/h1-2,4-5,13-14H,3,6-10H2,(H,17,18)/t13-,14+/m0/s1. The van der Waals surface area contributed by atoms with Crippen molar-refractivity contribution in [1.82, 2.24) is 14.9 Å². The van der Waals surface area contributed by atoms with Gasteiger partial charge in [-0.25, -0.2) is 4.98 Å². The Morgan fingerprint density at radius 1 is 1.32 bits per heavy atom. The summed E-state index contributed by atoms with van der Waals surface area (Å²) < 4.78 is 10.9. The fourth-order valence-electron chi connectivity index (χ4n) is 3.26. The Labute approximate surface area is 128 Å². The molecule has 6 nitrogen and oxygen atoms in total. The number of para-hydroxylation sites is 2. The smallest absolute Gasteiger partial charge is 0.254 e. The molecule has 3 heterocycles. The van der Waals surface area contributed by atoms with Crippen LogP contribution < -0.4 is 0 Å². The number of imidazole rings is 1. The van der Waals surface area contributed by atoms with Crippen molar-refractivity contribution in [3.8, 4) is 0 Å². The van der Waals surface area contributed by atoms with Crippen LogP contribution in [0.3, 0.4) is 0 Å². The van der Waals surface area contributed by atoms with Crippen LogP contribution in [0.5, 0.6) is 0 Å². The van der Waals surface area contributed by atoms with Gasteiger partial charge in [0.05, 0.1) is 36.9 Å². The zero-order chi connectivity index (χ0) is 14.9. The lowest BCUT2D eigenvalue weighted by Gasteiger charge is -2.29. The Morgan fingerprint density at radius 3 is 3.05 bits per heavy atom. The zero-order valence-electron chi connectivity index (χ0n) is 12.3. The van der Waals surface area contributed by atoms with Gasteiger partial charge in [-0.1, -0.05) is 12.1 Å². The molecule has 22 heavy (non-hydrogen) atoms. The number of likely N-dealkylation sites (tertiary alicyclic amines) is 1. The fraction of sp³-hybridized carbons (Fsp3) is 0.500. The van der Waals surface area contributed by atoms with Gasteiger partial charge in [-0.05, 0) is 25.0 Å². The quantitative estimate of drug-likeness (QED) is 0.915. The van der Waals surface area contributed by atoms with Gasteiger partial charge in [0.2, 0.25) is 0 Å². The Balaban J connectivity index is 1.58. The molecule has 1 aromatic carbocycles. The van der Waals surface area contributed by atoms with E-state index >= 15 is 0 Å². The Hall–Kier alpha value is -1.92. The summed E-state index contributed by atoms with van der Waals surface area (Å²) >= 11 is 0. The minimum Gasteiger partial charge on any atom is -0.376 e. The molecule has 2 fully saturated rings. The van der Waals surface area contributed by atoms with E-state index in [2.05, 4.69) is 9.97 Å². The number of aromatic nitrogens is 2. The molecule has 2 atom stereocenters. The first-order chi connectivity index (χ1) is 10.8. The second-order valence-corrected chi connectivity index (χ2v) is 5.76. The monoisotopic (exact) mass is 301 g/mol. The molecule has 2 saturated heterocycles. The zero-order valence-corrected chi connectivity index (χ0v) is 12.3. The summed E-state index contributed by atoms with van der Waals surface area (Å²) in [5, 5.41) is 0. The molecule has 1 N–H and O–H groups in total. The number of rotatable bonds is 2. The van der Waals surface area contributed by atoms with E-state index in [1.54, 1.807) is 0 Å². The van der Waals surface area contributed by atoms with Crippen LogP contribution in [0, 0.1) is 0 Å². The highest BCUT2D eigenvalue weighted by molar-refractivity contribution is 5.82. The van der Waals surface area contributed by atoms with Gasteiger partial charge < -0.3 is 19.4 Å². The van der Waals surface area contributed by atoms with Crippen molar-refractivity contribution in [2.45, 2.75) is 25.0 Å². The largest absolute Gasteiger partial charge is 0.376 e. The third kappa shape index (κ3) is 2.38. The predicted molar refractivity (Wildman–Crippen MR) is 80.3 cm³/mol. The molecule has 0 aliphatic carbocycles. The number of H-pyrrole nitrogens is 1. The van der Waals surface area contributed by atoms with E-state index in [0.29, 0.717) is 19.8 Å². The number of benzene rings is 1. The van der Waals surface area contributed by atoms with E-state index in [0.717, 1.165) is 36.2 Å². The molecule has 2 aliphatic rings. The average molecular weight is 301 g/mol. The number of ether oxygens (including phenoxy) is 2. The van der Waals surface area contributed by atoms with E-state index in [9.17, 15) is 4.79 Å². The number of carbonyl (C=O) groups excluding carboxylic acids is 1. The van der Waals surface area contributed by atoms with Gasteiger partial charge in [0.25, 0.3) is 5.91 Å². The van der Waals surface area contributed by atoms with Crippen LogP contribution in [-0.2, 0) is 14.3 Å². The maximum atomic E-state index is 12.7. The van der Waals surface area contributed by atoms with Crippen LogP contribution >= 0.6 is 0 Å². The molecule has 0 radical (unpaired) electrons. The number of aromatic amines is 1. The second kappa shape index (κ2) is 5.70. The van der Waals surface area contributed by atoms with Crippen molar-refractivity contribution in [2.24, 2.45) is 0 Å². The van der Waals surface area contributed by atoms with E-state index in [1.807, 2.05) is 29.2 Å². The Kier molecular flexibility index (Phi) is 3.56. The molecule has 1 amide bonds. The van der Waals surface area contributed by atoms with Crippen LogP contribution in [0.4, 0.5) is 0 Å². The first-order valence-electron chi connectivity index (χ1n) is 7.77. The predicted octanol–water partition coefficient (Wildman–Crippen LogP) is 1.64. The van der Waals surface area contributed by atoms with Gasteiger partial charge in [-0.3, -0.25) is 4.79 Å². The molecule has 2 aliphatic heterocycles. The van der Waals surface area contributed by atoms with Crippen molar-refractivity contribution >= 4 is 16.9 Å². The van der Waals surface area contributed by atoms with Gasteiger partial charge in [-0.15, -0.1) is 0 Å². The van der Waals surface area contributed by atoms with Crippen LogP contribution in [0.1, 0.15) is 24.7 Å². The SMILES string of the molecule is O=C([C@H]1COCCO1)N1CCC[C@H]1c1nc2ccccc2[nH]1. The number of hydrogen-bond acceptors (Lipinski definition) is 4. The van der Waals surface area contributed by atoms with Gasteiger partial charge in [-0.2, -0.15) is 0 Å². The molecular formula is C16H19N3O3. The lowest BCUT2D eigenvalue weighted by atomic mass is 10.2. The molecule has 0 spiro atoms. The average Bonchev–Trinajstić information content (AvgIpc) is 3.21. The van der Waals surface area contributed by atoms with Crippen molar-refractivity contribution in [3.05, 3.63) is 30.1 Å². The lowest BCUT2D eigenvalue weighted by molar-refractivity contribution is -0.159. The number of carbonyl (C=O) groups is 1. The molecular weight excluding hydrogens is 282 g/mol. The first-order valence-corrected chi connectivity index (χ1v) is 7.77. The van der Waals surface area contributed by atoms with Gasteiger partial charge >= 0.3 is 0 Å². The number of fused-ring (bicyclic) bond motifs is 1. The summed E-state index contributed by atoms with van der Waals surface area (Å²) in [5.41, 5.74) is 1.95. The highest BCUT2D eigenvalue weighted by atomic mass is 16.6. The van der Waals surface area contributed by atoms with E-state index in [4.69, 9.17) is 9.47 Å². The van der Waals surface area contributed by atoms with E-state index < -0.39 is 6.10 Å². The number of nitrogens with zero attached hydrogens (tertiary/aromatic N) is 2. The topological polar surface area (TPSA) is 67.5 Å². The Morgan fingerprint density at radius 2 is 2.23 bits per heavy atom. The number of nitrogens with one attached hydrogen (secondary N) is 1. The van der Waals surface area contributed by atoms with Crippen molar-refractivity contribution in [3.63, 3.8) is 0 Å². The van der Waals surface area contributed by atoms with Crippen LogP contribution in [0.15, 0.2) is 24.3 Å². The third-order valence-electron chi connectivity index (χ3n) is 4.35. The summed E-state index contributed by atoms with van der Waals surface area (Å²) in [7, 11) is 0. The third-order valence-corrected chi connectivity index (χ3v) is 4.35. The van der Waals surface area contributed by atoms with Gasteiger partial charge in [0.1, 0.15) is 5.82 Å². The molecule has 1 aromatic heterocycles. The normalized spacial score (nSPS) is 25.7. The van der Waals surface area contributed by atoms with Crippen molar-refractivity contribution in [2.75, 3.05) is 26.4 Å². The highest BCUT2D eigenvalue weighted by Crippen LogP contribution is 2.32. The molecule has 116 valence electrons. The molecule has 2 aromatic rings. The fourth-order valence-corrected chi connectivity index (χ4v) is 3.26.